The van der Waals surface area contributed by atoms with Crippen molar-refractivity contribution in [1.82, 2.24) is 0 Å². The Morgan fingerprint density at radius 3 is 2.24 bits per heavy atom. The highest BCUT2D eigenvalue weighted by Gasteiger charge is 2.18. The summed E-state index contributed by atoms with van der Waals surface area (Å²) < 4.78 is 5.93. The highest BCUT2D eigenvalue weighted by Crippen LogP contribution is 2.36. The summed E-state index contributed by atoms with van der Waals surface area (Å²) in [4.78, 5) is 25.4. The van der Waals surface area contributed by atoms with Crippen molar-refractivity contribution < 1.29 is 14.3 Å². The fourth-order valence-corrected chi connectivity index (χ4v) is 5.22. The molecule has 178 valence electrons. The third-order valence-electron chi connectivity index (χ3n) is 6.77. The number of benzene rings is 6. The van der Waals surface area contributed by atoms with Crippen LogP contribution in [-0.2, 0) is 11.3 Å². The molecule has 0 bridgehead atoms. The molecule has 6 rings (SSSR count). The Morgan fingerprint density at radius 2 is 1.41 bits per heavy atom. The summed E-state index contributed by atoms with van der Waals surface area (Å²) in [5.74, 6) is -0.400. The summed E-state index contributed by atoms with van der Waals surface area (Å²) in [5.41, 5.74) is 3.48. The number of rotatable bonds is 5. The van der Waals surface area contributed by atoms with Gasteiger partial charge in [-0.05, 0) is 67.2 Å². The predicted molar refractivity (Wildman–Crippen MR) is 150 cm³/mol. The lowest BCUT2D eigenvalue weighted by molar-refractivity contribution is 0.0476. The maximum Gasteiger partial charge on any atom is 0.339 e. The van der Waals surface area contributed by atoms with Crippen molar-refractivity contribution in [2.45, 2.75) is 6.61 Å². The van der Waals surface area contributed by atoms with E-state index in [1.807, 2.05) is 97.1 Å². The van der Waals surface area contributed by atoms with Crippen molar-refractivity contribution in [3.05, 3.63) is 131 Å². The van der Waals surface area contributed by atoms with E-state index in [9.17, 15) is 9.59 Å². The van der Waals surface area contributed by atoms with Gasteiger partial charge in [0.15, 0.2) is 6.29 Å². The first-order chi connectivity index (χ1) is 18.1. The van der Waals surface area contributed by atoms with Crippen molar-refractivity contribution in [1.29, 1.82) is 0 Å². The first-order valence-corrected chi connectivity index (χ1v) is 12.3. The lowest BCUT2D eigenvalue weighted by Gasteiger charge is -2.16. The molecule has 0 aliphatic rings. The van der Waals surface area contributed by atoms with Crippen LogP contribution in [-0.4, -0.2) is 12.3 Å². The van der Waals surface area contributed by atoms with E-state index in [4.69, 9.17) is 16.3 Å². The predicted octanol–water partition coefficient (Wildman–Crippen LogP) is 8.64. The molecule has 0 amide bonds. The van der Waals surface area contributed by atoms with Gasteiger partial charge in [0.05, 0.1) is 5.56 Å². The number of ether oxygens (including phenoxy) is 1. The molecule has 0 aliphatic heterocycles. The van der Waals surface area contributed by atoms with Gasteiger partial charge >= 0.3 is 5.97 Å². The average Bonchev–Trinajstić information content (AvgIpc) is 2.95. The monoisotopic (exact) mass is 500 g/mol. The zero-order chi connectivity index (χ0) is 25.4. The first kappa shape index (κ1) is 23.0. The normalized spacial score (nSPS) is 11.2. The maximum atomic E-state index is 13.5. The van der Waals surface area contributed by atoms with Gasteiger partial charge in [-0.1, -0.05) is 103 Å². The fraction of sp³-hybridized carbons (Fsp3) is 0.0303. The van der Waals surface area contributed by atoms with Gasteiger partial charge in [-0.15, -0.1) is 0 Å². The molecule has 0 fully saturated rings. The Bertz CT molecular complexity index is 1840. The summed E-state index contributed by atoms with van der Waals surface area (Å²) in [5, 5.41) is 6.40. The molecule has 0 spiro atoms. The van der Waals surface area contributed by atoms with Crippen LogP contribution in [0.5, 0.6) is 0 Å². The van der Waals surface area contributed by atoms with Crippen molar-refractivity contribution in [3.63, 3.8) is 0 Å². The average molecular weight is 501 g/mol. The lowest BCUT2D eigenvalue weighted by atomic mass is 9.91. The number of aldehydes is 1. The molecule has 0 atom stereocenters. The minimum absolute atomic E-state index is 0.0466. The second-order valence-electron chi connectivity index (χ2n) is 8.94. The molecule has 0 radical (unpaired) electrons. The number of hydrogen-bond donors (Lipinski definition) is 0. The Morgan fingerprint density at radius 1 is 0.703 bits per heavy atom. The van der Waals surface area contributed by atoms with Gasteiger partial charge in [-0.25, -0.2) is 4.79 Å². The van der Waals surface area contributed by atoms with Crippen LogP contribution in [0.1, 0.15) is 26.3 Å². The summed E-state index contributed by atoms with van der Waals surface area (Å²) in [6.45, 7) is 0.0466. The number of fused-ring (bicyclic) bond motifs is 4. The van der Waals surface area contributed by atoms with E-state index in [0.29, 0.717) is 16.1 Å². The first-order valence-electron chi connectivity index (χ1n) is 12.0. The highest BCUT2D eigenvalue weighted by molar-refractivity contribution is 6.31. The zero-order valence-electron chi connectivity index (χ0n) is 19.8. The van der Waals surface area contributed by atoms with Crippen LogP contribution in [0.25, 0.3) is 43.4 Å². The Balaban J connectivity index is 1.45. The second kappa shape index (κ2) is 9.53. The molecule has 6 aromatic rings. The van der Waals surface area contributed by atoms with Gasteiger partial charge in [-0.3, -0.25) is 4.79 Å². The van der Waals surface area contributed by atoms with Gasteiger partial charge in [0, 0.05) is 10.6 Å². The number of carbonyl (C=O) groups excluding carboxylic acids is 2. The van der Waals surface area contributed by atoms with Crippen LogP contribution in [0.3, 0.4) is 0 Å². The van der Waals surface area contributed by atoms with E-state index < -0.39 is 5.97 Å². The minimum atomic E-state index is -0.400. The third-order valence-corrected chi connectivity index (χ3v) is 7.01. The third kappa shape index (κ3) is 4.14. The van der Waals surface area contributed by atoms with Crippen LogP contribution in [0.2, 0.25) is 5.02 Å². The quantitative estimate of drug-likeness (QED) is 0.135. The molecule has 6 aromatic carbocycles. The Kier molecular flexibility index (Phi) is 5.91. The summed E-state index contributed by atoms with van der Waals surface area (Å²) >= 11 is 6.36. The Labute approximate surface area is 218 Å². The zero-order valence-corrected chi connectivity index (χ0v) is 20.5. The maximum absolute atomic E-state index is 13.5. The van der Waals surface area contributed by atoms with Gasteiger partial charge < -0.3 is 4.74 Å². The summed E-state index contributed by atoms with van der Waals surface area (Å²) in [6.07, 6.45) is 0.843. The SMILES string of the molecule is O=Cc1ccccc1-c1c(COC(=O)c2cc3ccccc3c3ccccc23)ccc2ccc(Cl)cc12. The number of esters is 1. The largest absolute Gasteiger partial charge is 0.457 e. The summed E-state index contributed by atoms with van der Waals surface area (Å²) in [6, 6.07) is 34.8. The molecule has 37 heavy (non-hydrogen) atoms. The van der Waals surface area contributed by atoms with Gasteiger partial charge in [-0.2, -0.15) is 0 Å². The highest BCUT2D eigenvalue weighted by atomic mass is 35.5. The molecule has 0 heterocycles. The van der Waals surface area contributed by atoms with E-state index in [1.165, 1.54) is 0 Å². The topological polar surface area (TPSA) is 43.4 Å². The van der Waals surface area contributed by atoms with Crippen molar-refractivity contribution >= 4 is 56.2 Å². The molecule has 0 aromatic heterocycles. The van der Waals surface area contributed by atoms with E-state index >= 15 is 0 Å². The Hall–Kier alpha value is -4.47. The van der Waals surface area contributed by atoms with Crippen LogP contribution in [0, 0.1) is 0 Å². The second-order valence-corrected chi connectivity index (χ2v) is 9.37. The molecule has 0 saturated heterocycles. The summed E-state index contributed by atoms with van der Waals surface area (Å²) in [7, 11) is 0. The van der Waals surface area contributed by atoms with E-state index in [-0.39, 0.29) is 6.61 Å². The number of halogens is 1. The van der Waals surface area contributed by atoms with Gasteiger partial charge in [0.25, 0.3) is 0 Å². The molecular formula is C33H21ClO3. The van der Waals surface area contributed by atoms with Crippen molar-refractivity contribution in [3.8, 4) is 11.1 Å². The standard InChI is InChI=1S/C33H21ClO3/c34-25-16-15-21-13-14-24(32(30(21)18-25)27-10-4-2-8-23(27)19-35)20-37-33(36)31-17-22-7-1-3-9-26(22)28-11-5-6-12-29(28)31/h1-19H,20H2. The number of carbonyl (C=O) groups is 2. The van der Waals surface area contributed by atoms with Gasteiger partial charge in [0.2, 0.25) is 0 Å². The fourth-order valence-electron chi connectivity index (χ4n) is 5.05. The minimum Gasteiger partial charge on any atom is -0.457 e. The van der Waals surface area contributed by atoms with E-state index in [2.05, 4.69) is 6.07 Å². The molecule has 0 N–H and O–H groups in total. The van der Waals surface area contributed by atoms with Crippen molar-refractivity contribution in [2.75, 3.05) is 0 Å². The molecular weight excluding hydrogens is 480 g/mol. The van der Waals surface area contributed by atoms with Crippen molar-refractivity contribution in [2.24, 2.45) is 0 Å². The van der Waals surface area contributed by atoms with Gasteiger partial charge in [0.1, 0.15) is 6.61 Å². The molecule has 0 saturated carbocycles. The molecule has 0 aliphatic carbocycles. The smallest absolute Gasteiger partial charge is 0.339 e. The molecule has 3 nitrogen and oxygen atoms in total. The van der Waals surface area contributed by atoms with Crippen LogP contribution >= 0.6 is 11.6 Å². The lowest BCUT2D eigenvalue weighted by Crippen LogP contribution is -2.07. The van der Waals surface area contributed by atoms with E-state index in [0.717, 1.165) is 55.3 Å². The van der Waals surface area contributed by atoms with Crippen LogP contribution in [0.4, 0.5) is 0 Å². The molecule has 0 unspecified atom stereocenters. The molecule has 4 heteroatoms. The number of hydrogen-bond acceptors (Lipinski definition) is 3. The van der Waals surface area contributed by atoms with Crippen LogP contribution < -0.4 is 0 Å². The van der Waals surface area contributed by atoms with Crippen LogP contribution in [0.15, 0.2) is 109 Å². The van der Waals surface area contributed by atoms with E-state index in [1.54, 1.807) is 6.07 Å².